The van der Waals surface area contributed by atoms with Crippen molar-refractivity contribution >= 4 is 0 Å². The van der Waals surface area contributed by atoms with E-state index in [-0.39, 0.29) is 0 Å². The molecule has 0 aromatic heterocycles. The SMILES string of the molecule is C=C(C#N)/C=C(C)/C=C(\C)C(=C)C. The number of nitriles is 1. The smallest absolute Gasteiger partial charge is 0.0985 e. The quantitative estimate of drug-likeness (QED) is 0.473. The van der Waals surface area contributed by atoms with E-state index in [9.17, 15) is 0 Å². The van der Waals surface area contributed by atoms with Crippen molar-refractivity contribution in [2.45, 2.75) is 20.8 Å². The molecule has 68 valence electrons. The molecule has 13 heavy (non-hydrogen) atoms. The van der Waals surface area contributed by atoms with E-state index in [0.717, 1.165) is 16.7 Å². The molecule has 0 N–H and O–H groups in total. The first-order valence-corrected chi connectivity index (χ1v) is 4.09. The first-order chi connectivity index (χ1) is 5.97. The van der Waals surface area contributed by atoms with Crippen molar-refractivity contribution in [3.63, 3.8) is 0 Å². The molecule has 1 nitrogen and oxygen atoms in total. The second kappa shape index (κ2) is 5.16. The Bertz CT molecular complexity index is 322. The second-order valence-electron chi connectivity index (χ2n) is 3.13. The summed E-state index contributed by atoms with van der Waals surface area (Å²) in [6.07, 6.45) is 3.75. The molecule has 0 amide bonds. The van der Waals surface area contributed by atoms with Gasteiger partial charge in [0.15, 0.2) is 0 Å². The Labute approximate surface area is 80.4 Å². The highest BCUT2D eigenvalue weighted by molar-refractivity contribution is 5.39. The molecule has 0 bridgehead atoms. The third-order valence-electron chi connectivity index (χ3n) is 1.66. The monoisotopic (exact) mass is 173 g/mol. The van der Waals surface area contributed by atoms with Crippen LogP contribution in [0.25, 0.3) is 0 Å². The van der Waals surface area contributed by atoms with Gasteiger partial charge in [-0.3, -0.25) is 0 Å². The summed E-state index contributed by atoms with van der Waals surface area (Å²) in [5.41, 5.74) is 3.66. The molecular weight excluding hydrogens is 158 g/mol. The van der Waals surface area contributed by atoms with Crippen molar-refractivity contribution in [2.24, 2.45) is 0 Å². The van der Waals surface area contributed by atoms with Gasteiger partial charge in [-0.2, -0.15) is 5.26 Å². The maximum absolute atomic E-state index is 8.49. The number of allylic oxidation sites excluding steroid dienone is 6. The molecule has 0 aliphatic rings. The van der Waals surface area contributed by atoms with E-state index in [4.69, 9.17) is 5.26 Å². The summed E-state index contributed by atoms with van der Waals surface area (Å²) < 4.78 is 0. The van der Waals surface area contributed by atoms with Crippen LogP contribution in [0, 0.1) is 11.3 Å². The minimum atomic E-state index is 0.475. The van der Waals surface area contributed by atoms with Crippen LogP contribution in [0.5, 0.6) is 0 Å². The molecule has 0 aliphatic carbocycles. The van der Waals surface area contributed by atoms with E-state index in [1.807, 2.05) is 32.9 Å². The Morgan fingerprint density at radius 3 is 2.08 bits per heavy atom. The minimum absolute atomic E-state index is 0.475. The summed E-state index contributed by atoms with van der Waals surface area (Å²) in [5.74, 6) is 0. The molecule has 0 fully saturated rings. The average molecular weight is 173 g/mol. The van der Waals surface area contributed by atoms with Crippen LogP contribution in [-0.4, -0.2) is 0 Å². The van der Waals surface area contributed by atoms with E-state index >= 15 is 0 Å². The van der Waals surface area contributed by atoms with Crippen LogP contribution >= 0.6 is 0 Å². The van der Waals surface area contributed by atoms with Crippen molar-refractivity contribution in [2.75, 3.05) is 0 Å². The number of rotatable bonds is 3. The predicted molar refractivity (Wildman–Crippen MR) is 57.1 cm³/mol. The number of hydrogen-bond acceptors (Lipinski definition) is 1. The van der Waals surface area contributed by atoms with Gasteiger partial charge in [-0.15, -0.1) is 0 Å². The fraction of sp³-hybridized carbons (Fsp3) is 0.250. The van der Waals surface area contributed by atoms with Crippen LogP contribution in [0.2, 0.25) is 0 Å². The van der Waals surface area contributed by atoms with Crippen molar-refractivity contribution in [1.29, 1.82) is 5.26 Å². The average Bonchev–Trinajstić information content (AvgIpc) is 2.03. The lowest BCUT2D eigenvalue weighted by molar-refractivity contribution is 1.33. The van der Waals surface area contributed by atoms with Crippen molar-refractivity contribution < 1.29 is 0 Å². The third-order valence-corrected chi connectivity index (χ3v) is 1.66. The minimum Gasteiger partial charge on any atom is -0.192 e. The van der Waals surface area contributed by atoms with Gasteiger partial charge in [0.2, 0.25) is 0 Å². The molecule has 0 aliphatic heterocycles. The molecule has 0 saturated carbocycles. The van der Waals surface area contributed by atoms with E-state index in [0.29, 0.717) is 5.57 Å². The maximum atomic E-state index is 8.49. The Hall–Kier alpha value is -1.55. The molecule has 0 spiro atoms. The van der Waals surface area contributed by atoms with Crippen molar-refractivity contribution in [3.05, 3.63) is 47.6 Å². The Balaban J connectivity index is 4.66. The molecule has 0 rings (SSSR count). The van der Waals surface area contributed by atoms with Crippen molar-refractivity contribution in [1.82, 2.24) is 0 Å². The van der Waals surface area contributed by atoms with Gasteiger partial charge >= 0.3 is 0 Å². The van der Waals surface area contributed by atoms with Gasteiger partial charge in [0.1, 0.15) is 0 Å². The molecule has 1 heteroatoms. The van der Waals surface area contributed by atoms with Gasteiger partial charge < -0.3 is 0 Å². The van der Waals surface area contributed by atoms with Crippen molar-refractivity contribution in [3.8, 4) is 6.07 Å². The van der Waals surface area contributed by atoms with Crippen LogP contribution in [0.15, 0.2) is 47.6 Å². The molecule has 0 saturated heterocycles. The third kappa shape index (κ3) is 4.81. The van der Waals surface area contributed by atoms with Crippen LogP contribution < -0.4 is 0 Å². The lowest BCUT2D eigenvalue weighted by Gasteiger charge is -1.98. The van der Waals surface area contributed by atoms with E-state index in [2.05, 4.69) is 13.2 Å². The first kappa shape index (κ1) is 11.4. The Kier molecular flexibility index (Phi) is 4.54. The van der Waals surface area contributed by atoms with Gasteiger partial charge in [0.25, 0.3) is 0 Å². The second-order valence-corrected chi connectivity index (χ2v) is 3.13. The summed E-state index contributed by atoms with van der Waals surface area (Å²) >= 11 is 0. The van der Waals surface area contributed by atoms with E-state index in [1.54, 1.807) is 6.08 Å². The fourth-order valence-electron chi connectivity index (χ4n) is 0.813. The van der Waals surface area contributed by atoms with Gasteiger partial charge in [-0.05, 0) is 38.0 Å². The largest absolute Gasteiger partial charge is 0.192 e. The standard InChI is InChI=1S/C12H15N/c1-9(2)12(5)7-10(3)6-11(4)8-13/h6-7H,1,4H2,2-3,5H3/b10-6+,12-7+. The fourth-order valence-corrected chi connectivity index (χ4v) is 0.813. The van der Waals surface area contributed by atoms with Crippen LogP contribution in [0.4, 0.5) is 0 Å². The lowest BCUT2D eigenvalue weighted by Crippen LogP contribution is -1.79. The van der Waals surface area contributed by atoms with Crippen LogP contribution in [-0.2, 0) is 0 Å². The number of hydrogen-bond donors (Lipinski definition) is 0. The summed E-state index contributed by atoms with van der Waals surface area (Å²) in [6, 6.07) is 1.98. The van der Waals surface area contributed by atoms with Gasteiger partial charge in [0, 0.05) is 5.57 Å². The normalized spacial score (nSPS) is 12.2. The summed E-state index contributed by atoms with van der Waals surface area (Å²) in [5, 5.41) is 8.49. The molecule has 0 radical (unpaired) electrons. The highest BCUT2D eigenvalue weighted by Crippen LogP contribution is 2.10. The molecule has 0 heterocycles. The van der Waals surface area contributed by atoms with Gasteiger partial charge in [0.05, 0.1) is 6.07 Å². The summed E-state index contributed by atoms with van der Waals surface area (Å²) in [7, 11) is 0. The Morgan fingerprint density at radius 2 is 1.69 bits per heavy atom. The highest BCUT2D eigenvalue weighted by atomic mass is 14.2. The van der Waals surface area contributed by atoms with E-state index < -0.39 is 0 Å². The van der Waals surface area contributed by atoms with Gasteiger partial charge in [-0.1, -0.05) is 24.8 Å². The van der Waals surface area contributed by atoms with E-state index in [1.165, 1.54) is 0 Å². The van der Waals surface area contributed by atoms with Gasteiger partial charge in [-0.25, -0.2) is 0 Å². The molecule has 0 atom stereocenters. The summed E-state index contributed by atoms with van der Waals surface area (Å²) in [4.78, 5) is 0. The highest BCUT2D eigenvalue weighted by Gasteiger charge is 1.91. The summed E-state index contributed by atoms with van der Waals surface area (Å²) in [6.45, 7) is 13.3. The zero-order chi connectivity index (χ0) is 10.4. The zero-order valence-electron chi connectivity index (χ0n) is 8.52. The molecule has 0 aromatic rings. The zero-order valence-corrected chi connectivity index (χ0v) is 8.52. The van der Waals surface area contributed by atoms with Crippen LogP contribution in [0.1, 0.15) is 20.8 Å². The number of nitrogens with zero attached hydrogens (tertiary/aromatic N) is 1. The molecule has 0 aromatic carbocycles. The lowest BCUT2D eigenvalue weighted by atomic mass is 10.1. The first-order valence-electron chi connectivity index (χ1n) is 4.09. The predicted octanol–water partition coefficient (Wildman–Crippen LogP) is 3.53. The molecular formula is C12H15N. The Morgan fingerprint density at radius 1 is 1.15 bits per heavy atom. The maximum Gasteiger partial charge on any atom is 0.0985 e. The topological polar surface area (TPSA) is 23.8 Å². The van der Waals surface area contributed by atoms with Crippen LogP contribution in [0.3, 0.4) is 0 Å². The molecule has 0 unspecified atom stereocenters.